The lowest BCUT2D eigenvalue weighted by atomic mass is 10.2. The lowest BCUT2D eigenvalue weighted by Crippen LogP contribution is -1.96. The molecule has 0 amide bonds. The van der Waals surface area contributed by atoms with E-state index in [1.54, 1.807) is 12.1 Å². The largest absolute Gasteiger partial charge is 0.489 e. The van der Waals surface area contributed by atoms with Gasteiger partial charge in [-0.25, -0.2) is 4.39 Å². The molecule has 1 heterocycles. The van der Waals surface area contributed by atoms with Gasteiger partial charge < -0.3 is 14.9 Å². The van der Waals surface area contributed by atoms with E-state index in [0.717, 1.165) is 17.1 Å². The van der Waals surface area contributed by atoms with Crippen molar-refractivity contribution in [3.63, 3.8) is 0 Å². The van der Waals surface area contributed by atoms with Crippen LogP contribution in [0.2, 0.25) is 0 Å². The van der Waals surface area contributed by atoms with Gasteiger partial charge >= 0.3 is 0 Å². The van der Waals surface area contributed by atoms with Crippen molar-refractivity contribution in [1.82, 2.24) is 0 Å². The number of hydrogen-bond donors (Lipinski definition) is 1. The Morgan fingerprint density at radius 3 is 2.82 bits per heavy atom. The molecule has 90 valence electrons. The van der Waals surface area contributed by atoms with Crippen molar-refractivity contribution in [3.05, 3.63) is 53.2 Å². The number of halogens is 1. The second-order valence-electron chi connectivity index (χ2n) is 3.74. The van der Waals surface area contributed by atoms with E-state index >= 15 is 0 Å². The van der Waals surface area contributed by atoms with Gasteiger partial charge in [-0.2, -0.15) is 0 Å². The molecule has 17 heavy (non-hydrogen) atoms. The van der Waals surface area contributed by atoms with Gasteiger partial charge in [0.15, 0.2) is 0 Å². The molecule has 0 bridgehead atoms. The Bertz CT molecular complexity index is 508. The molecule has 0 spiro atoms. The van der Waals surface area contributed by atoms with Crippen LogP contribution in [0, 0.1) is 12.7 Å². The fourth-order valence-electron chi connectivity index (χ4n) is 1.55. The fraction of sp³-hybridized carbons (Fsp3) is 0.231. The van der Waals surface area contributed by atoms with Gasteiger partial charge in [0.1, 0.15) is 29.7 Å². The molecule has 1 aromatic carbocycles. The van der Waals surface area contributed by atoms with E-state index in [4.69, 9.17) is 14.9 Å². The second kappa shape index (κ2) is 5.01. The molecular formula is C13H14FNO2. The third kappa shape index (κ3) is 2.85. The summed E-state index contributed by atoms with van der Waals surface area (Å²) < 4.78 is 23.8. The highest BCUT2D eigenvalue weighted by Crippen LogP contribution is 2.18. The Kier molecular flexibility index (Phi) is 3.44. The minimum Gasteiger partial charge on any atom is -0.489 e. The van der Waals surface area contributed by atoms with Crippen LogP contribution in [0.4, 0.5) is 4.39 Å². The Hall–Kier alpha value is -1.81. The van der Waals surface area contributed by atoms with E-state index in [-0.39, 0.29) is 5.82 Å². The third-order valence-electron chi connectivity index (χ3n) is 2.46. The van der Waals surface area contributed by atoms with Crippen LogP contribution in [0.25, 0.3) is 0 Å². The quantitative estimate of drug-likeness (QED) is 0.886. The fourth-order valence-corrected chi connectivity index (χ4v) is 1.55. The van der Waals surface area contributed by atoms with Crippen LogP contribution < -0.4 is 10.5 Å². The summed E-state index contributed by atoms with van der Waals surface area (Å²) in [6.45, 7) is 2.56. The Labute approximate surface area is 99.0 Å². The topological polar surface area (TPSA) is 48.4 Å². The predicted molar refractivity (Wildman–Crippen MR) is 62.1 cm³/mol. The molecule has 0 atom stereocenters. The molecule has 3 nitrogen and oxygen atoms in total. The first-order valence-corrected chi connectivity index (χ1v) is 5.35. The number of ether oxygens (including phenoxy) is 1. The summed E-state index contributed by atoms with van der Waals surface area (Å²) >= 11 is 0. The van der Waals surface area contributed by atoms with Crippen molar-refractivity contribution in [2.75, 3.05) is 0 Å². The van der Waals surface area contributed by atoms with Gasteiger partial charge in [0.2, 0.25) is 0 Å². The molecule has 0 aliphatic rings. The molecule has 2 N–H and O–H groups in total. The monoisotopic (exact) mass is 235 g/mol. The van der Waals surface area contributed by atoms with Crippen LogP contribution in [-0.4, -0.2) is 0 Å². The van der Waals surface area contributed by atoms with Crippen LogP contribution in [-0.2, 0) is 13.2 Å². The molecule has 2 aromatic rings. The van der Waals surface area contributed by atoms with Crippen molar-refractivity contribution >= 4 is 0 Å². The second-order valence-corrected chi connectivity index (χ2v) is 3.74. The van der Waals surface area contributed by atoms with Crippen LogP contribution >= 0.6 is 0 Å². The molecular weight excluding hydrogens is 221 g/mol. The van der Waals surface area contributed by atoms with Crippen LogP contribution in [0.3, 0.4) is 0 Å². The minimum absolute atomic E-state index is 0.311. The SMILES string of the molecule is Cc1oc(CN)cc1COc1cccc(F)c1. The van der Waals surface area contributed by atoms with Gasteiger partial charge in [-0.15, -0.1) is 0 Å². The maximum atomic E-state index is 12.9. The molecule has 0 unspecified atom stereocenters. The van der Waals surface area contributed by atoms with E-state index in [9.17, 15) is 4.39 Å². The van der Waals surface area contributed by atoms with Gasteiger partial charge in [0, 0.05) is 11.6 Å². The zero-order chi connectivity index (χ0) is 12.3. The summed E-state index contributed by atoms with van der Waals surface area (Å²) in [6.07, 6.45) is 0. The van der Waals surface area contributed by atoms with E-state index < -0.39 is 0 Å². The number of rotatable bonds is 4. The van der Waals surface area contributed by atoms with E-state index in [1.807, 2.05) is 13.0 Å². The summed E-state index contributed by atoms with van der Waals surface area (Å²) in [6, 6.07) is 7.90. The maximum absolute atomic E-state index is 12.9. The van der Waals surface area contributed by atoms with Crippen molar-refractivity contribution in [1.29, 1.82) is 0 Å². The molecule has 2 rings (SSSR count). The summed E-state index contributed by atoms with van der Waals surface area (Å²) in [4.78, 5) is 0. The molecule has 0 radical (unpaired) electrons. The lowest BCUT2D eigenvalue weighted by molar-refractivity contribution is 0.301. The number of aryl methyl sites for hydroxylation is 1. The van der Waals surface area contributed by atoms with Gasteiger partial charge in [-0.3, -0.25) is 0 Å². The molecule has 0 aliphatic carbocycles. The molecule has 1 aromatic heterocycles. The smallest absolute Gasteiger partial charge is 0.126 e. The van der Waals surface area contributed by atoms with Gasteiger partial charge in [0.25, 0.3) is 0 Å². The first kappa shape index (κ1) is 11.7. The van der Waals surface area contributed by atoms with Crippen LogP contribution in [0.15, 0.2) is 34.7 Å². The van der Waals surface area contributed by atoms with Crippen LogP contribution in [0.1, 0.15) is 17.1 Å². The van der Waals surface area contributed by atoms with Gasteiger partial charge in [-0.05, 0) is 25.1 Å². The standard InChI is InChI=1S/C13H14FNO2/c1-9-10(5-13(7-15)17-9)8-16-12-4-2-3-11(14)6-12/h2-6H,7-8,15H2,1H3. The summed E-state index contributed by atoms with van der Waals surface area (Å²) in [5, 5.41) is 0. The summed E-state index contributed by atoms with van der Waals surface area (Å²) in [5.74, 6) is 1.69. The highest BCUT2D eigenvalue weighted by molar-refractivity contribution is 5.24. The maximum Gasteiger partial charge on any atom is 0.126 e. The summed E-state index contributed by atoms with van der Waals surface area (Å²) in [7, 11) is 0. The van der Waals surface area contributed by atoms with Crippen molar-refractivity contribution < 1.29 is 13.5 Å². The van der Waals surface area contributed by atoms with Crippen molar-refractivity contribution in [2.45, 2.75) is 20.1 Å². The number of nitrogens with two attached hydrogens (primary N) is 1. The van der Waals surface area contributed by atoms with E-state index in [0.29, 0.717) is 18.9 Å². The first-order chi connectivity index (χ1) is 8.19. The number of benzene rings is 1. The normalized spacial score (nSPS) is 10.5. The van der Waals surface area contributed by atoms with Crippen molar-refractivity contribution in [2.24, 2.45) is 5.73 Å². The zero-order valence-corrected chi connectivity index (χ0v) is 9.57. The number of hydrogen-bond acceptors (Lipinski definition) is 3. The van der Waals surface area contributed by atoms with Crippen LogP contribution in [0.5, 0.6) is 5.75 Å². The Morgan fingerprint density at radius 1 is 1.35 bits per heavy atom. The molecule has 4 heteroatoms. The Morgan fingerprint density at radius 2 is 2.18 bits per heavy atom. The highest BCUT2D eigenvalue weighted by Gasteiger charge is 2.07. The molecule has 0 saturated heterocycles. The number of furan rings is 1. The van der Waals surface area contributed by atoms with Gasteiger partial charge in [-0.1, -0.05) is 6.07 Å². The lowest BCUT2D eigenvalue weighted by Gasteiger charge is -2.04. The summed E-state index contributed by atoms with van der Waals surface area (Å²) in [5.41, 5.74) is 6.40. The van der Waals surface area contributed by atoms with Gasteiger partial charge in [0.05, 0.1) is 6.54 Å². The first-order valence-electron chi connectivity index (χ1n) is 5.35. The van der Waals surface area contributed by atoms with Crippen molar-refractivity contribution in [3.8, 4) is 5.75 Å². The average molecular weight is 235 g/mol. The predicted octanol–water partition coefficient (Wildman–Crippen LogP) is 2.76. The molecule has 0 aliphatic heterocycles. The average Bonchev–Trinajstić information content (AvgIpc) is 2.68. The molecule has 0 fully saturated rings. The Balaban J connectivity index is 2.04. The van der Waals surface area contributed by atoms with E-state index in [2.05, 4.69) is 0 Å². The minimum atomic E-state index is -0.311. The van der Waals surface area contributed by atoms with E-state index in [1.165, 1.54) is 12.1 Å². The highest BCUT2D eigenvalue weighted by atomic mass is 19.1. The zero-order valence-electron chi connectivity index (χ0n) is 9.57. The molecule has 0 saturated carbocycles. The third-order valence-corrected chi connectivity index (χ3v) is 2.46.